The van der Waals surface area contributed by atoms with Crippen LogP contribution in [0.25, 0.3) is 10.9 Å². The molecule has 204 valence electrons. The number of benzene rings is 2. The highest BCUT2D eigenvalue weighted by Crippen LogP contribution is 2.35. The number of hydrogen-bond acceptors (Lipinski definition) is 6. The van der Waals surface area contributed by atoms with E-state index in [-0.39, 0.29) is 17.7 Å². The fourth-order valence-electron chi connectivity index (χ4n) is 6.12. The highest BCUT2D eigenvalue weighted by atomic mass is 35.5. The minimum absolute atomic E-state index is 0.0850. The first-order valence-electron chi connectivity index (χ1n) is 14.1. The van der Waals surface area contributed by atoms with Crippen LogP contribution in [0.5, 0.6) is 0 Å². The first-order valence-corrected chi connectivity index (χ1v) is 14.5. The number of fused-ring (bicyclic) bond motifs is 1. The van der Waals surface area contributed by atoms with Crippen LogP contribution in [0.3, 0.4) is 0 Å². The SMILES string of the molecule is CCc1ccc2[nH]c(=O)c([C@H](c3nnnn3C3CCCC3)N(Cc3ccc(Cl)cc3)C[C@@H]3CCCO3)cc2c1. The molecular formula is C30H35ClN6O2. The zero-order valence-electron chi connectivity index (χ0n) is 22.4. The lowest BCUT2D eigenvalue weighted by Gasteiger charge is -2.33. The summed E-state index contributed by atoms with van der Waals surface area (Å²) in [6.07, 6.45) is 7.46. The monoisotopic (exact) mass is 546 g/mol. The van der Waals surface area contributed by atoms with Gasteiger partial charge >= 0.3 is 0 Å². The molecule has 0 radical (unpaired) electrons. The number of aromatic amines is 1. The van der Waals surface area contributed by atoms with Gasteiger partial charge in [0, 0.05) is 35.8 Å². The molecule has 2 atom stereocenters. The molecule has 0 unspecified atom stereocenters. The lowest BCUT2D eigenvalue weighted by Crippen LogP contribution is -2.39. The van der Waals surface area contributed by atoms with E-state index < -0.39 is 6.04 Å². The number of pyridine rings is 1. The number of tetrazole rings is 1. The van der Waals surface area contributed by atoms with Crippen molar-refractivity contribution in [2.75, 3.05) is 13.2 Å². The Labute approximate surface area is 233 Å². The smallest absolute Gasteiger partial charge is 0.253 e. The summed E-state index contributed by atoms with van der Waals surface area (Å²) >= 11 is 6.21. The number of nitrogens with zero attached hydrogens (tertiary/aromatic N) is 5. The lowest BCUT2D eigenvalue weighted by molar-refractivity contribution is 0.0569. The topological polar surface area (TPSA) is 88.9 Å². The van der Waals surface area contributed by atoms with Gasteiger partial charge in [0.05, 0.1) is 12.1 Å². The normalized spacial score (nSPS) is 18.9. The van der Waals surface area contributed by atoms with Gasteiger partial charge in [0.25, 0.3) is 5.56 Å². The Morgan fingerprint density at radius 3 is 2.62 bits per heavy atom. The Morgan fingerprint density at radius 2 is 1.87 bits per heavy atom. The highest BCUT2D eigenvalue weighted by molar-refractivity contribution is 6.30. The van der Waals surface area contributed by atoms with E-state index in [0.717, 1.165) is 68.0 Å². The summed E-state index contributed by atoms with van der Waals surface area (Å²) < 4.78 is 8.08. The molecule has 1 N–H and O–H groups in total. The number of aryl methyl sites for hydroxylation is 1. The average molecular weight is 547 g/mol. The van der Waals surface area contributed by atoms with E-state index >= 15 is 0 Å². The molecule has 1 saturated carbocycles. The summed E-state index contributed by atoms with van der Waals surface area (Å²) in [5, 5.41) is 14.9. The van der Waals surface area contributed by atoms with Gasteiger partial charge in [-0.2, -0.15) is 0 Å². The molecule has 0 amide bonds. The van der Waals surface area contributed by atoms with E-state index in [1.807, 2.05) is 41.1 Å². The summed E-state index contributed by atoms with van der Waals surface area (Å²) in [7, 11) is 0. The third-order valence-electron chi connectivity index (χ3n) is 8.20. The molecule has 9 heteroatoms. The van der Waals surface area contributed by atoms with E-state index in [9.17, 15) is 4.79 Å². The first-order chi connectivity index (χ1) is 19.1. The van der Waals surface area contributed by atoms with Crippen LogP contribution in [-0.4, -0.2) is 49.3 Å². The minimum atomic E-state index is -0.445. The van der Waals surface area contributed by atoms with Crippen molar-refractivity contribution in [3.05, 3.63) is 86.4 Å². The van der Waals surface area contributed by atoms with Crippen LogP contribution < -0.4 is 5.56 Å². The second-order valence-electron chi connectivity index (χ2n) is 10.8. The zero-order valence-corrected chi connectivity index (χ0v) is 23.1. The van der Waals surface area contributed by atoms with Crippen molar-refractivity contribution in [1.82, 2.24) is 30.1 Å². The number of rotatable bonds is 9. The highest BCUT2D eigenvalue weighted by Gasteiger charge is 2.35. The molecule has 3 heterocycles. The van der Waals surface area contributed by atoms with Gasteiger partial charge in [0.15, 0.2) is 5.82 Å². The van der Waals surface area contributed by atoms with Crippen LogP contribution in [0.15, 0.2) is 53.3 Å². The van der Waals surface area contributed by atoms with E-state index in [1.165, 1.54) is 5.56 Å². The van der Waals surface area contributed by atoms with Gasteiger partial charge in [-0.15, -0.1) is 5.10 Å². The number of hydrogen-bond donors (Lipinski definition) is 1. The van der Waals surface area contributed by atoms with Crippen LogP contribution in [0.1, 0.15) is 80.0 Å². The average Bonchev–Trinajstić information content (AvgIpc) is 3.73. The van der Waals surface area contributed by atoms with Crippen LogP contribution >= 0.6 is 11.6 Å². The van der Waals surface area contributed by atoms with Crippen molar-refractivity contribution in [3.63, 3.8) is 0 Å². The van der Waals surface area contributed by atoms with Crippen molar-refractivity contribution in [2.24, 2.45) is 0 Å². The van der Waals surface area contributed by atoms with Crippen LogP contribution in [0.2, 0.25) is 5.02 Å². The van der Waals surface area contributed by atoms with Crippen LogP contribution in [0, 0.1) is 0 Å². The molecule has 4 aromatic rings. The van der Waals surface area contributed by atoms with Crippen molar-refractivity contribution >= 4 is 22.5 Å². The molecule has 2 fully saturated rings. The molecule has 39 heavy (non-hydrogen) atoms. The Morgan fingerprint density at radius 1 is 1.08 bits per heavy atom. The fourth-order valence-corrected chi connectivity index (χ4v) is 6.25. The summed E-state index contributed by atoms with van der Waals surface area (Å²) in [6, 6.07) is 16.0. The summed E-state index contributed by atoms with van der Waals surface area (Å²) in [4.78, 5) is 19.3. The second kappa shape index (κ2) is 11.6. The minimum Gasteiger partial charge on any atom is -0.377 e. The maximum atomic E-state index is 13.8. The first kappa shape index (κ1) is 26.2. The molecular weight excluding hydrogens is 512 g/mol. The fraction of sp³-hybridized carbons (Fsp3) is 0.467. The molecule has 2 aromatic carbocycles. The third kappa shape index (κ3) is 5.64. The molecule has 6 rings (SSSR count). The van der Waals surface area contributed by atoms with Gasteiger partial charge in [-0.05, 0) is 89.4 Å². The number of nitrogens with one attached hydrogen (secondary N) is 1. The van der Waals surface area contributed by atoms with Gasteiger partial charge in [-0.3, -0.25) is 9.69 Å². The number of ether oxygens (including phenoxy) is 1. The predicted molar refractivity (Wildman–Crippen MR) is 152 cm³/mol. The summed E-state index contributed by atoms with van der Waals surface area (Å²) in [5.74, 6) is 0.713. The number of halogens is 1. The van der Waals surface area contributed by atoms with Gasteiger partial charge in [-0.25, -0.2) is 4.68 Å². The van der Waals surface area contributed by atoms with Crippen LogP contribution in [0.4, 0.5) is 0 Å². The summed E-state index contributed by atoms with van der Waals surface area (Å²) in [6.45, 7) is 4.17. The predicted octanol–water partition coefficient (Wildman–Crippen LogP) is 5.62. The van der Waals surface area contributed by atoms with Crippen LogP contribution in [-0.2, 0) is 17.7 Å². The molecule has 1 aliphatic carbocycles. The molecule has 1 saturated heterocycles. The van der Waals surface area contributed by atoms with Gasteiger partial charge in [-0.1, -0.05) is 49.6 Å². The summed E-state index contributed by atoms with van der Waals surface area (Å²) in [5.41, 5.74) is 3.69. The molecule has 0 spiro atoms. The molecule has 2 aliphatic rings. The Balaban J connectivity index is 1.50. The van der Waals surface area contributed by atoms with E-state index in [4.69, 9.17) is 16.3 Å². The Bertz CT molecular complexity index is 1470. The van der Waals surface area contributed by atoms with E-state index in [0.29, 0.717) is 29.5 Å². The maximum Gasteiger partial charge on any atom is 0.253 e. The van der Waals surface area contributed by atoms with E-state index in [1.54, 1.807) is 0 Å². The zero-order chi connectivity index (χ0) is 26.8. The maximum absolute atomic E-state index is 13.8. The van der Waals surface area contributed by atoms with E-state index in [2.05, 4.69) is 44.5 Å². The molecule has 2 aromatic heterocycles. The van der Waals surface area contributed by atoms with Crippen molar-refractivity contribution in [2.45, 2.75) is 76.6 Å². The van der Waals surface area contributed by atoms with Gasteiger partial charge in [0.1, 0.15) is 6.04 Å². The molecule has 0 bridgehead atoms. The quantitative estimate of drug-likeness (QED) is 0.293. The largest absolute Gasteiger partial charge is 0.377 e. The van der Waals surface area contributed by atoms with Gasteiger partial charge < -0.3 is 9.72 Å². The number of aromatic nitrogens is 5. The third-order valence-corrected chi connectivity index (χ3v) is 8.45. The number of H-pyrrole nitrogens is 1. The molecule has 1 aliphatic heterocycles. The Hall–Kier alpha value is -3.07. The standard InChI is InChI=1S/C30H35ClN6O2/c1-2-20-11-14-27-22(16-20)17-26(30(38)32-27)28(29-33-34-35-37(29)24-6-3-4-7-24)36(19-25-8-5-15-39-25)18-21-9-12-23(31)13-10-21/h9-14,16-17,24-25,28H,2-8,15,18-19H2,1H3,(H,32,38)/t25-,28+/m0/s1. The molecule has 8 nitrogen and oxygen atoms in total. The Kier molecular flexibility index (Phi) is 7.77. The van der Waals surface area contributed by atoms with Crippen molar-refractivity contribution in [1.29, 1.82) is 0 Å². The second-order valence-corrected chi connectivity index (χ2v) is 11.3. The van der Waals surface area contributed by atoms with Gasteiger partial charge in [0.2, 0.25) is 0 Å². The van der Waals surface area contributed by atoms with Crippen molar-refractivity contribution < 1.29 is 4.74 Å². The van der Waals surface area contributed by atoms with Crippen molar-refractivity contribution in [3.8, 4) is 0 Å². The lowest BCUT2D eigenvalue weighted by atomic mass is 10.00.